The Bertz CT molecular complexity index is 769. The first kappa shape index (κ1) is 16.4. The molecular weight excluding hydrogens is 318 g/mol. The van der Waals surface area contributed by atoms with E-state index in [1.165, 1.54) is 36.6 Å². The average Bonchev–Trinajstić information content (AvgIpc) is 3.00. The lowest BCUT2D eigenvalue weighted by Gasteiger charge is -2.10. The molecule has 0 aliphatic heterocycles. The summed E-state index contributed by atoms with van der Waals surface area (Å²) >= 11 is 5.04. The van der Waals surface area contributed by atoms with Crippen molar-refractivity contribution in [3.05, 3.63) is 64.1 Å². The number of aryl methyl sites for hydroxylation is 1. The number of non-ortho nitro benzene ring substituents is 1. The summed E-state index contributed by atoms with van der Waals surface area (Å²) in [5.41, 5.74) is 1.21. The summed E-state index contributed by atoms with van der Waals surface area (Å²) in [5.74, 6) is 0.128. The highest BCUT2D eigenvalue weighted by atomic mass is 32.1. The summed E-state index contributed by atoms with van der Waals surface area (Å²) in [7, 11) is 0. The van der Waals surface area contributed by atoms with Crippen molar-refractivity contribution in [3.63, 3.8) is 0 Å². The van der Waals surface area contributed by atoms with Crippen LogP contribution in [0.15, 0.2) is 47.1 Å². The van der Waals surface area contributed by atoms with Gasteiger partial charge in [-0.05, 0) is 49.0 Å². The molecule has 0 spiro atoms. The van der Waals surface area contributed by atoms with Gasteiger partial charge in [-0.1, -0.05) is 0 Å². The van der Waals surface area contributed by atoms with Crippen molar-refractivity contribution in [3.8, 4) is 0 Å². The van der Waals surface area contributed by atoms with E-state index in [1.807, 2.05) is 0 Å². The van der Waals surface area contributed by atoms with E-state index in [0.717, 1.165) is 0 Å². The van der Waals surface area contributed by atoms with E-state index < -0.39 is 10.8 Å². The monoisotopic (exact) mass is 331 g/mol. The number of rotatable bonds is 4. The lowest BCUT2D eigenvalue weighted by Crippen LogP contribution is -2.33. The van der Waals surface area contributed by atoms with Gasteiger partial charge in [-0.15, -0.1) is 0 Å². The summed E-state index contributed by atoms with van der Waals surface area (Å²) < 4.78 is 5.06. The Morgan fingerprint density at radius 1 is 1.39 bits per heavy atom. The smallest absolute Gasteiger partial charge is 0.269 e. The number of nitro benzene ring substituents is 1. The van der Waals surface area contributed by atoms with Gasteiger partial charge in [0.15, 0.2) is 5.11 Å². The molecule has 0 atom stereocenters. The van der Waals surface area contributed by atoms with Gasteiger partial charge >= 0.3 is 0 Å². The zero-order valence-electron chi connectivity index (χ0n) is 12.1. The number of nitro groups is 1. The van der Waals surface area contributed by atoms with E-state index in [1.54, 1.807) is 19.1 Å². The Hall–Kier alpha value is -3.00. The predicted octanol–water partition coefficient (Wildman–Crippen LogP) is 3.02. The first-order valence-electron chi connectivity index (χ1n) is 6.54. The number of benzene rings is 1. The van der Waals surface area contributed by atoms with Crippen LogP contribution in [0, 0.1) is 17.0 Å². The molecule has 0 radical (unpaired) electrons. The maximum absolute atomic E-state index is 11.7. The van der Waals surface area contributed by atoms with Crippen LogP contribution in [-0.2, 0) is 4.79 Å². The van der Waals surface area contributed by atoms with E-state index in [0.29, 0.717) is 17.0 Å². The Morgan fingerprint density at radius 2 is 2.17 bits per heavy atom. The van der Waals surface area contributed by atoms with Crippen LogP contribution in [-0.4, -0.2) is 15.9 Å². The van der Waals surface area contributed by atoms with Gasteiger partial charge in [-0.3, -0.25) is 20.2 Å². The lowest BCUT2D eigenvalue weighted by atomic mass is 10.2. The average molecular weight is 331 g/mol. The molecule has 0 unspecified atom stereocenters. The minimum absolute atomic E-state index is 0.00983. The molecule has 1 amide bonds. The molecule has 1 heterocycles. The normalized spacial score (nSPS) is 10.5. The molecule has 2 N–H and O–H groups in total. The Labute approximate surface area is 137 Å². The fourth-order valence-electron chi connectivity index (χ4n) is 1.75. The molecule has 0 aliphatic rings. The van der Waals surface area contributed by atoms with Crippen LogP contribution in [0.5, 0.6) is 0 Å². The van der Waals surface area contributed by atoms with Gasteiger partial charge < -0.3 is 9.73 Å². The van der Waals surface area contributed by atoms with E-state index in [4.69, 9.17) is 16.6 Å². The van der Waals surface area contributed by atoms with Crippen molar-refractivity contribution in [2.24, 2.45) is 0 Å². The van der Waals surface area contributed by atoms with Crippen molar-refractivity contribution >= 4 is 40.7 Å². The van der Waals surface area contributed by atoms with Crippen LogP contribution >= 0.6 is 12.2 Å². The molecule has 8 heteroatoms. The number of nitrogens with zero attached hydrogens (tertiary/aromatic N) is 1. The van der Waals surface area contributed by atoms with Gasteiger partial charge in [0.05, 0.1) is 11.2 Å². The second kappa shape index (κ2) is 7.32. The van der Waals surface area contributed by atoms with Gasteiger partial charge in [-0.25, -0.2) is 0 Å². The van der Waals surface area contributed by atoms with Gasteiger partial charge in [0.25, 0.3) is 5.69 Å². The highest BCUT2D eigenvalue weighted by Gasteiger charge is 2.09. The van der Waals surface area contributed by atoms with Crippen LogP contribution in [0.4, 0.5) is 11.4 Å². The zero-order valence-corrected chi connectivity index (χ0v) is 12.9. The molecule has 0 saturated carbocycles. The fraction of sp³-hybridized carbons (Fsp3) is 0.0667. The second-order valence-electron chi connectivity index (χ2n) is 4.55. The van der Waals surface area contributed by atoms with Crippen LogP contribution < -0.4 is 10.6 Å². The molecule has 2 rings (SSSR count). The topological polar surface area (TPSA) is 97.4 Å². The SMILES string of the molecule is Cc1cc([N+](=O)[O-])ccc1NC(=S)NC(=O)C=Cc1ccco1. The number of thiocarbonyl (C=S) groups is 1. The molecule has 2 aromatic rings. The van der Waals surface area contributed by atoms with Crippen LogP contribution in [0.25, 0.3) is 6.08 Å². The summed E-state index contributed by atoms with van der Waals surface area (Å²) in [6.07, 6.45) is 4.30. The van der Waals surface area contributed by atoms with Crippen LogP contribution in [0.3, 0.4) is 0 Å². The molecule has 23 heavy (non-hydrogen) atoms. The number of carbonyl (C=O) groups excluding carboxylic acids is 1. The van der Waals surface area contributed by atoms with Gasteiger partial charge in [0.2, 0.25) is 5.91 Å². The van der Waals surface area contributed by atoms with Gasteiger partial charge in [0.1, 0.15) is 5.76 Å². The second-order valence-corrected chi connectivity index (χ2v) is 4.96. The minimum Gasteiger partial charge on any atom is -0.465 e. The van der Waals surface area contributed by atoms with Crippen molar-refractivity contribution in [1.29, 1.82) is 0 Å². The summed E-state index contributed by atoms with van der Waals surface area (Å²) in [5, 5.41) is 16.1. The molecule has 7 nitrogen and oxygen atoms in total. The summed E-state index contributed by atoms with van der Waals surface area (Å²) in [6.45, 7) is 1.70. The third kappa shape index (κ3) is 4.75. The van der Waals surface area contributed by atoms with Crippen molar-refractivity contribution in [2.45, 2.75) is 6.92 Å². The minimum atomic E-state index is -0.476. The third-order valence-electron chi connectivity index (χ3n) is 2.85. The summed E-state index contributed by atoms with van der Waals surface area (Å²) in [6, 6.07) is 7.73. The lowest BCUT2D eigenvalue weighted by molar-refractivity contribution is -0.384. The van der Waals surface area contributed by atoms with E-state index in [2.05, 4.69) is 10.6 Å². The quantitative estimate of drug-likeness (QED) is 0.387. The van der Waals surface area contributed by atoms with E-state index >= 15 is 0 Å². The molecule has 0 bridgehead atoms. The molecular formula is C15H13N3O4S. The molecule has 0 aliphatic carbocycles. The van der Waals surface area contributed by atoms with Crippen LogP contribution in [0.2, 0.25) is 0 Å². The molecule has 0 fully saturated rings. The molecule has 1 aromatic heterocycles. The number of amides is 1. The predicted molar refractivity (Wildman–Crippen MR) is 89.9 cm³/mol. The Kier molecular flexibility index (Phi) is 5.21. The van der Waals surface area contributed by atoms with E-state index in [-0.39, 0.29) is 10.8 Å². The molecule has 0 saturated heterocycles. The van der Waals surface area contributed by atoms with Crippen molar-refractivity contribution in [2.75, 3.05) is 5.32 Å². The molecule has 1 aromatic carbocycles. The number of furan rings is 1. The molecule has 118 valence electrons. The zero-order chi connectivity index (χ0) is 16.8. The van der Waals surface area contributed by atoms with Gasteiger partial charge in [0, 0.05) is 23.9 Å². The highest BCUT2D eigenvalue weighted by Crippen LogP contribution is 2.20. The first-order chi connectivity index (χ1) is 11.0. The fourth-order valence-corrected chi connectivity index (χ4v) is 1.96. The first-order valence-corrected chi connectivity index (χ1v) is 6.95. The number of nitrogens with one attached hydrogen (secondary N) is 2. The number of hydrogen-bond acceptors (Lipinski definition) is 5. The maximum atomic E-state index is 11.7. The van der Waals surface area contributed by atoms with Crippen molar-refractivity contribution in [1.82, 2.24) is 5.32 Å². The van der Waals surface area contributed by atoms with Gasteiger partial charge in [-0.2, -0.15) is 0 Å². The number of hydrogen-bond donors (Lipinski definition) is 2. The highest BCUT2D eigenvalue weighted by molar-refractivity contribution is 7.80. The Balaban J connectivity index is 1.94. The third-order valence-corrected chi connectivity index (χ3v) is 3.05. The standard InChI is InChI=1S/C15H13N3O4S/c1-10-9-11(18(20)21)4-6-13(10)16-15(23)17-14(19)7-5-12-3-2-8-22-12/h2-9H,1H3,(H2,16,17,19,23). The Morgan fingerprint density at radius 3 is 2.78 bits per heavy atom. The number of carbonyl (C=O) groups is 1. The number of anilines is 1. The largest absolute Gasteiger partial charge is 0.465 e. The van der Waals surface area contributed by atoms with E-state index in [9.17, 15) is 14.9 Å². The van der Waals surface area contributed by atoms with Crippen molar-refractivity contribution < 1.29 is 14.1 Å². The summed E-state index contributed by atoms with van der Waals surface area (Å²) in [4.78, 5) is 21.9. The van der Waals surface area contributed by atoms with Crippen LogP contribution in [0.1, 0.15) is 11.3 Å². The maximum Gasteiger partial charge on any atom is 0.269 e.